The van der Waals surface area contributed by atoms with Crippen LogP contribution < -0.4 is 10.2 Å². The lowest BCUT2D eigenvalue weighted by Crippen LogP contribution is -2.25. The average Bonchev–Trinajstić information content (AvgIpc) is 2.86. The predicted octanol–water partition coefficient (Wildman–Crippen LogP) is 2.27. The molecule has 0 fully saturated rings. The third-order valence-electron chi connectivity index (χ3n) is 3.27. The van der Waals surface area contributed by atoms with E-state index in [2.05, 4.69) is 51.3 Å². The smallest absolute Gasteiger partial charge is 0.226 e. The predicted molar refractivity (Wildman–Crippen MR) is 78.6 cm³/mol. The maximum absolute atomic E-state index is 4.59. The molecule has 104 valence electrons. The van der Waals surface area contributed by atoms with Crippen molar-refractivity contribution in [3.63, 3.8) is 0 Å². The third-order valence-corrected chi connectivity index (χ3v) is 3.27. The molecule has 0 saturated heterocycles. The van der Waals surface area contributed by atoms with Gasteiger partial charge in [0.1, 0.15) is 5.82 Å². The summed E-state index contributed by atoms with van der Waals surface area (Å²) in [6, 6.07) is 0. The van der Waals surface area contributed by atoms with Crippen molar-refractivity contribution in [3.8, 4) is 0 Å². The Labute approximate surface area is 113 Å². The highest BCUT2D eigenvalue weighted by Crippen LogP contribution is 2.23. The van der Waals surface area contributed by atoms with Gasteiger partial charge in [-0.15, -0.1) is 0 Å². The Morgan fingerprint density at radius 1 is 1.37 bits per heavy atom. The number of rotatable bonds is 6. The van der Waals surface area contributed by atoms with Gasteiger partial charge in [0.25, 0.3) is 0 Å². The number of hydrogen-bond acceptors (Lipinski definition) is 5. The number of aromatic nitrogens is 4. The summed E-state index contributed by atoms with van der Waals surface area (Å²) in [6.45, 7) is 8.25. The van der Waals surface area contributed by atoms with Gasteiger partial charge >= 0.3 is 0 Å². The van der Waals surface area contributed by atoms with E-state index >= 15 is 0 Å². The molecule has 0 aliphatic heterocycles. The Morgan fingerprint density at radius 3 is 2.84 bits per heavy atom. The summed E-state index contributed by atoms with van der Waals surface area (Å²) >= 11 is 0. The molecule has 0 aromatic carbocycles. The number of hydrogen-bond donors (Lipinski definition) is 2. The lowest BCUT2D eigenvalue weighted by Gasteiger charge is -2.22. The first-order chi connectivity index (χ1) is 9.15. The van der Waals surface area contributed by atoms with Crippen LogP contribution in [0.2, 0.25) is 0 Å². The molecule has 0 amide bonds. The van der Waals surface area contributed by atoms with E-state index in [1.807, 2.05) is 6.92 Å². The molecular weight excluding hydrogens is 240 g/mol. The van der Waals surface area contributed by atoms with Gasteiger partial charge in [0.05, 0.1) is 11.6 Å². The zero-order chi connectivity index (χ0) is 13.8. The van der Waals surface area contributed by atoms with Gasteiger partial charge in [-0.25, -0.2) is 0 Å². The summed E-state index contributed by atoms with van der Waals surface area (Å²) < 4.78 is 0. The summed E-state index contributed by atoms with van der Waals surface area (Å²) in [6.07, 6.45) is 2.94. The SMILES string of the molecule is CCNc1nc(N(C)CC(C)CC)c2cn[nH]c2n1. The maximum atomic E-state index is 4.59. The Balaban J connectivity index is 2.36. The van der Waals surface area contributed by atoms with E-state index in [1.54, 1.807) is 6.20 Å². The summed E-state index contributed by atoms with van der Waals surface area (Å²) in [5.74, 6) is 2.20. The Hall–Kier alpha value is -1.85. The van der Waals surface area contributed by atoms with E-state index in [9.17, 15) is 0 Å². The van der Waals surface area contributed by atoms with Crippen molar-refractivity contribution in [1.29, 1.82) is 0 Å². The second kappa shape index (κ2) is 5.86. The lowest BCUT2D eigenvalue weighted by molar-refractivity contribution is 0.558. The summed E-state index contributed by atoms with van der Waals surface area (Å²) in [5, 5.41) is 11.1. The first kappa shape index (κ1) is 13.6. The van der Waals surface area contributed by atoms with Crippen molar-refractivity contribution >= 4 is 22.8 Å². The molecule has 2 aromatic rings. The van der Waals surface area contributed by atoms with Gasteiger partial charge < -0.3 is 10.2 Å². The minimum Gasteiger partial charge on any atom is -0.359 e. The first-order valence-electron chi connectivity index (χ1n) is 6.81. The van der Waals surface area contributed by atoms with Crippen LogP contribution in [0.25, 0.3) is 11.0 Å². The van der Waals surface area contributed by atoms with Crippen LogP contribution in [-0.4, -0.2) is 40.3 Å². The van der Waals surface area contributed by atoms with E-state index in [4.69, 9.17) is 0 Å². The highest BCUT2D eigenvalue weighted by molar-refractivity contribution is 5.87. The number of nitrogens with one attached hydrogen (secondary N) is 2. The molecule has 0 spiro atoms. The fourth-order valence-corrected chi connectivity index (χ4v) is 2.03. The van der Waals surface area contributed by atoms with E-state index in [-0.39, 0.29) is 0 Å². The highest BCUT2D eigenvalue weighted by atomic mass is 15.2. The van der Waals surface area contributed by atoms with Crippen LogP contribution in [0.1, 0.15) is 27.2 Å². The second-order valence-corrected chi connectivity index (χ2v) is 4.93. The van der Waals surface area contributed by atoms with Gasteiger partial charge in [-0.3, -0.25) is 5.10 Å². The van der Waals surface area contributed by atoms with Gasteiger partial charge in [0.2, 0.25) is 5.95 Å². The minimum absolute atomic E-state index is 0.629. The molecule has 0 radical (unpaired) electrons. The van der Waals surface area contributed by atoms with Crippen molar-refractivity contribution in [1.82, 2.24) is 20.2 Å². The van der Waals surface area contributed by atoms with Crippen LogP contribution >= 0.6 is 0 Å². The molecule has 6 heteroatoms. The zero-order valence-corrected chi connectivity index (χ0v) is 12.1. The molecule has 2 N–H and O–H groups in total. The van der Waals surface area contributed by atoms with Crippen molar-refractivity contribution in [2.24, 2.45) is 5.92 Å². The normalized spacial score (nSPS) is 12.6. The molecule has 0 saturated carbocycles. The maximum Gasteiger partial charge on any atom is 0.226 e. The van der Waals surface area contributed by atoms with E-state index in [1.165, 1.54) is 0 Å². The van der Waals surface area contributed by atoms with Gasteiger partial charge in [0.15, 0.2) is 5.65 Å². The fourth-order valence-electron chi connectivity index (χ4n) is 2.03. The van der Waals surface area contributed by atoms with E-state index < -0.39 is 0 Å². The lowest BCUT2D eigenvalue weighted by atomic mass is 10.1. The van der Waals surface area contributed by atoms with Crippen molar-refractivity contribution in [3.05, 3.63) is 6.20 Å². The molecule has 0 aliphatic carbocycles. The quantitative estimate of drug-likeness (QED) is 0.835. The van der Waals surface area contributed by atoms with Crippen molar-refractivity contribution in [2.75, 3.05) is 30.4 Å². The molecule has 0 bridgehead atoms. The first-order valence-corrected chi connectivity index (χ1v) is 6.81. The monoisotopic (exact) mass is 262 g/mol. The fraction of sp³-hybridized carbons (Fsp3) is 0.615. The molecule has 2 rings (SSSR count). The van der Waals surface area contributed by atoms with Crippen molar-refractivity contribution < 1.29 is 0 Å². The number of H-pyrrole nitrogens is 1. The number of anilines is 2. The minimum atomic E-state index is 0.629. The third kappa shape index (κ3) is 2.94. The number of aromatic amines is 1. The Kier molecular flexibility index (Phi) is 4.19. The zero-order valence-electron chi connectivity index (χ0n) is 12.1. The summed E-state index contributed by atoms with van der Waals surface area (Å²) in [5.41, 5.74) is 0.775. The molecule has 2 heterocycles. The number of nitrogens with zero attached hydrogens (tertiary/aromatic N) is 4. The summed E-state index contributed by atoms with van der Waals surface area (Å²) in [4.78, 5) is 11.2. The van der Waals surface area contributed by atoms with Crippen LogP contribution in [-0.2, 0) is 0 Å². The molecule has 6 nitrogen and oxygen atoms in total. The molecule has 1 atom stereocenters. The van der Waals surface area contributed by atoms with Gasteiger partial charge in [-0.05, 0) is 12.8 Å². The Morgan fingerprint density at radius 2 is 2.16 bits per heavy atom. The highest BCUT2D eigenvalue weighted by Gasteiger charge is 2.14. The van der Waals surface area contributed by atoms with Crippen LogP contribution in [0.5, 0.6) is 0 Å². The van der Waals surface area contributed by atoms with Crippen LogP contribution in [0, 0.1) is 5.92 Å². The second-order valence-electron chi connectivity index (χ2n) is 4.93. The topological polar surface area (TPSA) is 69.7 Å². The van der Waals surface area contributed by atoms with E-state index in [0.29, 0.717) is 11.9 Å². The molecule has 2 aromatic heterocycles. The standard InChI is InChI=1S/C13H22N6/c1-5-9(3)8-19(4)12-10-7-15-18-11(10)16-13(17-12)14-6-2/h7,9H,5-6,8H2,1-4H3,(H2,14,15,16,17,18). The van der Waals surface area contributed by atoms with Gasteiger partial charge in [-0.1, -0.05) is 20.3 Å². The molecular formula is C13H22N6. The molecule has 19 heavy (non-hydrogen) atoms. The van der Waals surface area contributed by atoms with Gasteiger partial charge in [0, 0.05) is 20.1 Å². The van der Waals surface area contributed by atoms with Crippen molar-refractivity contribution in [2.45, 2.75) is 27.2 Å². The largest absolute Gasteiger partial charge is 0.359 e. The van der Waals surface area contributed by atoms with Crippen LogP contribution in [0.4, 0.5) is 11.8 Å². The van der Waals surface area contributed by atoms with E-state index in [0.717, 1.165) is 36.4 Å². The van der Waals surface area contributed by atoms with Gasteiger partial charge in [-0.2, -0.15) is 15.1 Å². The van der Waals surface area contributed by atoms with Crippen LogP contribution in [0.3, 0.4) is 0 Å². The number of fused-ring (bicyclic) bond motifs is 1. The Bertz CT molecular complexity index is 535. The summed E-state index contributed by atoms with van der Waals surface area (Å²) in [7, 11) is 2.07. The van der Waals surface area contributed by atoms with Crippen LogP contribution in [0.15, 0.2) is 6.20 Å². The molecule has 1 unspecified atom stereocenters. The average molecular weight is 262 g/mol. The molecule has 0 aliphatic rings.